The van der Waals surface area contributed by atoms with Gasteiger partial charge in [-0.3, -0.25) is 4.79 Å². The van der Waals surface area contributed by atoms with Crippen LogP contribution in [0.4, 0.5) is 10.8 Å². The van der Waals surface area contributed by atoms with E-state index in [0.29, 0.717) is 5.13 Å². The first-order valence-electron chi connectivity index (χ1n) is 9.42. The lowest BCUT2D eigenvalue weighted by molar-refractivity contribution is -0.131. The topological polar surface area (TPSA) is 81.9 Å². The van der Waals surface area contributed by atoms with Crippen LogP contribution >= 0.6 is 23.1 Å². The van der Waals surface area contributed by atoms with E-state index in [-0.39, 0.29) is 11.7 Å². The highest BCUT2D eigenvalue weighted by Gasteiger charge is 2.38. The summed E-state index contributed by atoms with van der Waals surface area (Å²) in [5.41, 5.74) is 2.79. The number of anilines is 2. The van der Waals surface area contributed by atoms with Crippen LogP contribution in [-0.2, 0) is 4.79 Å². The number of hydrogen-bond donors (Lipinski definition) is 1. The van der Waals surface area contributed by atoms with Crippen LogP contribution in [0.25, 0.3) is 0 Å². The molecule has 1 amide bonds. The monoisotopic (exact) mass is 415 g/mol. The number of nitrogens with one attached hydrogen (secondary N) is 1. The number of benzene rings is 1. The molecule has 28 heavy (non-hydrogen) atoms. The van der Waals surface area contributed by atoms with E-state index in [2.05, 4.69) is 47.6 Å². The second kappa shape index (κ2) is 8.93. The van der Waals surface area contributed by atoms with Crippen LogP contribution in [0.15, 0.2) is 22.5 Å². The number of amides is 1. The molecule has 1 heterocycles. The Kier molecular flexibility index (Phi) is 6.57. The maximum absolute atomic E-state index is 12.6. The zero-order valence-electron chi connectivity index (χ0n) is 16.5. The van der Waals surface area contributed by atoms with Gasteiger partial charge in [0, 0.05) is 12.7 Å². The number of thioether (sulfide) groups is 1. The van der Waals surface area contributed by atoms with Gasteiger partial charge in [-0.25, -0.2) is 0 Å². The van der Waals surface area contributed by atoms with Crippen molar-refractivity contribution in [3.63, 3.8) is 0 Å². The Labute approximate surface area is 174 Å². The molecule has 0 aliphatic heterocycles. The molecule has 0 spiro atoms. The van der Waals surface area contributed by atoms with Crippen LogP contribution in [-0.4, -0.2) is 39.3 Å². The predicted molar refractivity (Wildman–Crippen MR) is 114 cm³/mol. The third-order valence-electron chi connectivity index (χ3n) is 5.39. The Morgan fingerprint density at radius 3 is 2.71 bits per heavy atom. The first kappa shape index (κ1) is 20.6. The van der Waals surface area contributed by atoms with Crippen molar-refractivity contribution < 1.29 is 4.79 Å². The van der Waals surface area contributed by atoms with Gasteiger partial charge < -0.3 is 10.2 Å². The molecule has 2 aromatic rings. The lowest BCUT2D eigenvalue weighted by atomic mass is 9.81. The quantitative estimate of drug-likeness (QED) is 0.690. The van der Waals surface area contributed by atoms with Gasteiger partial charge in [-0.05, 0) is 49.9 Å². The molecule has 1 aromatic carbocycles. The molecule has 0 radical (unpaired) electrons. The van der Waals surface area contributed by atoms with Gasteiger partial charge in [0.2, 0.25) is 11.0 Å². The van der Waals surface area contributed by atoms with Gasteiger partial charge in [-0.2, -0.15) is 5.26 Å². The van der Waals surface area contributed by atoms with Crippen LogP contribution in [0, 0.1) is 25.2 Å². The molecule has 3 rings (SSSR count). The number of aryl methyl sites for hydroxylation is 2. The first-order chi connectivity index (χ1) is 13.4. The predicted octanol–water partition coefficient (Wildman–Crippen LogP) is 4.68. The van der Waals surface area contributed by atoms with E-state index in [9.17, 15) is 10.1 Å². The molecular formula is C20H25N5OS2. The van der Waals surface area contributed by atoms with E-state index in [4.69, 9.17) is 0 Å². The number of aromatic nitrogens is 2. The van der Waals surface area contributed by atoms with Crippen molar-refractivity contribution in [2.75, 3.05) is 18.1 Å². The number of rotatable bonds is 6. The standard InChI is InChI=1S/C20H25N5OS2/c1-14-7-8-16(11-15(14)2)22-18-23-24-19(28-18)27-12-17(26)25(3)20(13-21)9-5-4-6-10-20/h7-8,11H,4-6,9-10,12H2,1-3H3,(H,22,23). The molecule has 148 valence electrons. The zero-order chi connectivity index (χ0) is 20.1. The minimum Gasteiger partial charge on any atom is -0.330 e. The number of hydrogen-bond acceptors (Lipinski definition) is 7. The van der Waals surface area contributed by atoms with Crippen molar-refractivity contribution in [1.82, 2.24) is 15.1 Å². The largest absolute Gasteiger partial charge is 0.330 e. The van der Waals surface area contributed by atoms with Crippen LogP contribution in [0.1, 0.15) is 43.2 Å². The number of nitrogens with zero attached hydrogens (tertiary/aromatic N) is 4. The summed E-state index contributed by atoms with van der Waals surface area (Å²) in [6, 6.07) is 8.56. The molecular weight excluding hydrogens is 390 g/mol. The van der Waals surface area contributed by atoms with Crippen LogP contribution < -0.4 is 5.32 Å². The van der Waals surface area contributed by atoms with E-state index in [1.165, 1.54) is 34.2 Å². The Hall–Kier alpha value is -2.11. The molecule has 0 bridgehead atoms. The zero-order valence-corrected chi connectivity index (χ0v) is 18.1. The van der Waals surface area contributed by atoms with Gasteiger partial charge in [-0.1, -0.05) is 48.4 Å². The van der Waals surface area contributed by atoms with E-state index >= 15 is 0 Å². The lowest BCUT2D eigenvalue weighted by Crippen LogP contribution is -2.50. The summed E-state index contributed by atoms with van der Waals surface area (Å²) in [5, 5.41) is 21.9. The molecule has 1 aliphatic carbocycles. The highest BCUT2D eigenvalue weighted by atomic mass is 32.2. The maximum Gasteiger partial charge on any atom is 0.234 e. The summed E-state index contributed by atoms with van der Waals surface area (Å²) in [7, 11) is 1.75. The first-order valence-corrected chi connectivity index (χ1v) is 11.2. The molecule has 1 saturated carbocycles. The summed E-state index contributed by atoms with van der Waals surface area (Å²) in [4.78, 5) is 14.3. The SMILES string of the molecule is Cc1ccc(Nc2nnc(SCC(=O)N(C)C3(C#N)CCCCC3)s2)cc1C. The summed E-state index contributed by atoms with van der Waals surface area (Å²) >= 11 is 2.80. The Bertz CT molecular complexity index is 883. The summed E-state index contributed by atoms with van der Waals surface area (Å²) < 4.78 is 0.739. The van der Waals surface area contributed by atoms with Crippen LogP contribution in [0.3, 0.4) is 0 Å². The number of nitriles is 1. The fourth-order valence-electron chi connectivity index (χ4n) is 3.38. The van der Waals surface area contributed by atoms with Crippen molar-refractivity contribution in [2.24, 2.45) is 0 Å². The third-order valence-corrected chi connectivity index (χ3v) is 7.35. The third kappa shape index (κ3) is 4.65. The molecule has 1 N–H and O–H groups in total. The molecule has 0 atom stereocenters. The molecule has 1 aliphatic rings. The van der Waals surface area contributed by atoms with Crippen LogP contribution in [0.2, 0.25) is 0 Å². The van der Waals surface area contributed by atoms with Crippen molar-refractivity contribution in [2.45, 2.75) is 55.8 Å². The van der Waals surface area contributed by atoms with Crippen molar-refractivity contribution in [3.05, 3.63) is 29.3 Å². The summed E-state index contributed by atoms with van der Waals surface area (Å²) in [5.74, 6) is 0.227. The van der Waals surface area contributed by atoms with Crippen molar-refractivity contribution in [3.8, 4) is 6.07 Å². The molecule has 1 fully saturated rings. The second-order valence-electron chi connectivity index (χ2n) is 7.24. The van der Waals surface area contributed by atoms with E-state index in [0.717, 1.165) is 42.1 Å². The highest BCUT2D eigenvalue weighted by molar-refractivity contribution is 8.01. The van der Waals surface area contributed by atoms with E-state index in [1.807, 2.05) is 6.07 Å². The molecule has 1 aromatic heterocycles. The second-order valence-corrected chi connectivity index (χ2v) is 9.44. The van der Waals surface area contributed by atoms with E-state index in [1.54, 1.807) is 11.9 Å². The average molecular weight is 416 g/mol. The Morgan fingerprint density at radius 1 is 1.29 bits per heavy atom. The van der Waals surface area contributed by atoms with Gasteiger partial charge >= 0.3 is 0 Å². The van der Waals surface area contributed by atoms with Gasteiger partial charge in [0.1, 0.15) is 5.54 Å². The van der Waals surface area contributed by atoms with Gasteiger partial charge in [-0.15, -0.1) is 10.2 Å². The summed E-state index contributed by atoms with van der Waals surface area (Å²) in [6.07, 6.45) is 4.67. The molecule has 6 nitrogen and oxygen atoms in total. The summed E-state index contributed by atoms with van der Waals surface area (Å²) in [6.45, 7) is 4.15. The Morgan fingerprint density at radius 2 is 2.04 bits per heavy atom. The minimum absolute atomic E-state index is 0.0349. The van der Waals surface area contributed by atoms with Gasteiger partial charge in [0.05, 0.1) is 11.8 Å². The molecule has 0 unspecified atom stereocenters. The minimum atomic E-state index is -0.646. The fourth-order valence-corrected chi connectivity index (χ4v) is 5.07. The van der Waals surface area contributed by atoms with Crippen molar-refractivity contribution >= 4 is 39.8 Å². The van der Waals surface area contributed by atoms with Crippen LogP contribution in [0.5, 0.6) is 0 Å². The fraction of sp³-hybridized carbons (Fsp3) is 0.500. The molecule has 0 saturated heterocycles. The molecule has 8 heteroatoms. The van der Waals surface area contributed by atoms with E-state index < -0.39 is 5.54 Å². The normalized spacial score (nSPS) is 15.6. The maximum atomic E-state index is 12.6. The number of carbonyl (C=O) groups excluding carboxylic acids is 1. The van der Waals surface area contributed by atoms with Gasteiger partial charge in [0.25, 0.3) is 0 Å². The number of carbonyl (C=O) groups is 1. The lowest BCUT2D eigenvalue weighted by Gasteiger charge is -2.38. The Balaban J connectivity index is 1.57. The van der Waals surface area contributed by atoms with Crippen molar-refractivity contribution in [1.29, 1.82) is 5.26 Å². The van der Waals surface area contributed by atoms with Gasteiger partial charge in [0.15, 0.2) is 4.34 Å². The smallest absolute Gasteiger partial charge is 0.234 e. The average Bonchev–Trinajstić information content (AvgIpc) is 3.16. The highest BCUT2D eigenvalue weighted by Crippen LogP contribution is 2.34.